The molecule has 3 nitrogen and oxygen atoms in total. The van der Waals surface area contributed by atoms with E-state index in [4.69, 9.17) is 5.73 Å². The molecule has 0 aliphatic carbocycles. The van der Waals surface area contributed by atoms with Crippen molar-refractivity contribution in [1.29, 1.82) is 0 Å². The lowest BCUT2D eigenvalue weighted by atomic mass is 10.1. The fourth-order valence-corrected chi connectivity index (χ4v) is 1.76. The zero-order valence-electron chi connectivity index (χ0n) is 12.4. The molecule has 0 aliphatic rings. The second-order valence-corrected chi connectivity index (χ2v) is 4.34. The zero-order valence-corrected chi connectivity index (χ0v) is 12.4. The van der Waals surface area contributed by atoms with Crippen LogP contribution in [0.25, 0.3) is 11.3 Å². The topological polar surface area (TPSA) is 43.8 Å². The Bertz CT molecular complexity index is 477. The molecule has 0 saturated heterocycles. The molecule has 3 heteroatoms. The minimum atomic E-state index is 0. The standard InChI is InChI=1S/C14H19N3.C2H6.H2/c1-3-12-4-6-13(7-5-12)14-9-17(10-16-14)11(2)8-15;1-2;/h4-7,9-11H,3,8,15H2,1-2H3;1-2H3;1H/t11-;;/m1../s1. The van der Waals surface area contributed by atoms with Crippen molar-refractivity contribution in [3.05, 3.63) is 42.4 Å². The van der Waals surface area contributed by atoms with Crippen molar-refractivity contribution < 1.29 is 1.43 Å². The van der Waals surface area contributed by atoms with Gasteiger partial charge in [-0.05, 0) is 18.9 Å². The van der Waals surface area contributed by atoms with Crippen molar-refractivity contribution in [3.8, 4) is 11.3 Å². The van der Waals surface area contributed by atoms with Crippen LogP contribution in [0.15, 0.2) is 36.8 Å². The number of rotatable bonds is 4. The van der Waals surface area contributed by atoms with E-state index in [0.29, 0.717) is 12.6 Å². The molecular formula is C16H27N3. The highest BCUT2D eigenvalue weighted by atomic mass is 15.1. The van der Waals surface area contributed by atoms with Gasteiger partial charge in [-0.2, -0.15) is 0 Å². The first-order chi connectivity index (χ1) is 9.24. The molecule has 0 fully saturated rings. The van der Waals surface area contributed by atoms with Gasteiger partial charge < -0.3 is 10.3 Å². The molecule has 0 spiro atoms. The number of nitrogens with two attached hydrogens (primary N) is 1. The second kappa shape index (κ2) is 7.74. The third kappa shape index (κ3) is 3.93. The van der Waals surface area contributed by atoms with Gasteiger partial charge in [0.25, 0.3) is 0 Å². The summed E-state index contributed by atoms with van der Waals surface area (Å²) in [6.07, 6.45) is 4.97. The largest absolute Gasteiger partial charge is 0.333 e. The van der Waals surface area contributed by atoms with Gasteiger partial charge in [-0.3, -0.25) is 0 Å². The average Bonchev–Trinajstić information content (AvgIpc) is 2.98. The van der Waals surface area contributed by atoms with E-state index < -0.39 is 0 Å². The Kier molecular flexibility index (Phi) is 6.30. The molecule has 0 aliphatic heterocycles. The van der Waals surface area contributed by atoms with E-state index in [1.807, 2.05) is 20.2 Å². The predicted octanol–water partition coefficient (Wildman–Crippen LogP) is 3.90. The lowest BCUT2D eigenvalue weighted by Gasteiger charge is -2.08. The molecule has 106 valence electrons. The van der Waals surface area contributed by atoms with Crippen molar-refractivity contribution in [1.82, 2.24) is 9.55 Å². The van der Waals surface area contributed by atoms with E-state index in [-0.39, 0.29) is 1.43 Å². The van der Waals surface area contributed by atoms with Gasteiger partial charge in [0, 0.05) is 25.8 Å². The van der Waals surface area contributed by atoms with Crippen molar-refractivity contribution in [2.75, 3.05) is 6.54 Å². The molecule has 0 radical (unpaired) electrons. The van der Waals surface area contributed by atoms with Crippen LogP contribution in [0.4, 0.5) is 0 Å². The third-order valence-electron chi connectivity index (χ3n) is 3.11. The van der Waals surface area contributed by atoms with Crippen molar-refractivity contribution in [3.63, 3.8) is 0 Å². The van der Waals surface area contributed by atoms with Gasteiger partial charge in [-0.1, -0.05) is 45.0 Å². The molecule has 0 amide bonds. The number of aromatic nitrogens is 2. The van der Waals surface area contributed by atoms with Crippen LogP contribution in [-0.4, -0.2) is 16.1 Å². The van der Waals surface area contributed by atoms with Crippen LogP contribution >= 0.6 is 0 Å². The predicted molar refractivity (Wildman–Crippen MR) is 84.3 cm³/mol. The quantitative estimate of drug-likeness (QED) is 0.907. The summed E-state index contributed by atoms with van der Waals surface area (Å²) in [5, 5.41) is 0. The van der Waals surface area contributed by atoms with Crippen LogP contribution in [0.5, 0.6) is 0 Å². The van der Waals surface area contributed by atoms with E-state index in [1.165, 1.54) is 5.56 Å². The minimum Gasteiger partial charge on any atom is -0.333 e. The van der Waals surface area contributed by atoms with Gasteiger partial charge in [-0.15, -0.1) is 0 Å². The molecular weight excluding hydrogens is 234 g/mol. The number of aryl methyl sites for hydroxylation is 1. The third-order valence-corrected chi connectivity index (χ3v) is 3.11. The molecule has 0 saturated carbocycles. The Hall–Kier alpha value is -1.61. The first kappa shape index (κ1) is 15.4. The molecule has 1 atom stereocenters. The van der Waals surface area contributed by atoms with Crippen molar-refractivity contribution in [2.45, 2.75) is 40.2 Å². The summed E-state index contributed by atoms with van der Waals surface area (Å²) in [6, 6.07) is 8.85. The van der Waals surface area contributed by atoms with Crippen LogP contribution in [0, 0.1) is 0 Å². The maximum Gasteiger partial charge on any atom is 0.0956 e. The van der Waals surface area contributed by atoms with E-state index >= 15 is 0 Å². The smallest absolute Gasteiger partial charge is 0.0956 e. The Balaban J connectivity index is 0.00000115. The SMILES string of the molecule is CC.CCc1ccc(-c2cn([C@H](C)CN)cn2)cc1.[HH]. The fraction of sp³-hybridized carbons (Fsp3) is 0.438. The molecule has 1 heterocycles. The number of benzene rings is 1. The Morgan fingerprint density at radius 1 is 1.26 bits per heavy atom. The van der Waals surface area contributed by atoms with Gasteiger partial charge in [0.15, 0.2) is 0 Å². The molecule has 2 aromatic rings. The zero-order chi connectivity index (χ0) is 14.3. The van der Waals surface area contributed by atoms with Crippen LogP contribution in [0.1, 0.15) is 40.7 Å². The van der Waals surface area contributed by atoms with Crippen LogP contribution in [-0.2, 0) is 6.42 Å². The molecule has 0 unspecified atom stereocenters. The molecule has 19 heavy (non-hydrogen) atoms. The number of nitrogens with zero attached hydrogens (tertiary/aromatic N) is 2. The van der Waals surface area contributed by atoms with Gasteiger partial charge in [0.2, 0.25) is 0 Å². The summed E-state index contributed by atoms with van der Waals surface area (Å²) in [6.45, 7) is 8.88. The summed E-state index contributed by atoms with van der Waals surface area (Å²) >= 11 is 0. The summed E-state index contributed by atoms with van der Waals surface area (Å²) in [7, 11) is 0. The summed E-state index contributed by atoms with van der Waals surface area (Å²) in [5.74, 6) is 0. The lowest BCUT2D eigenvalue weighted by molar-refractivity contribution is 0.558. The first-order valence-corrected chi connectivity index (χ1v) is 7.07. The minimum absolute atomic E-state index is 0. The monoisotopic (exact) mass is 261 g/mol. The highest BCUT2D eigenvalue weighted by Crippen LogP contribution is 2.19. The Morgan fingerprint density at radius 3 is 2.42 bits per heavy atom. The van der Waals surface area contributed by atoms with E-state index in [2.05, 4.69) is 53.9 Å². The van der Waals surface area contributed by atoms with E-state index in [0.717, 1.165) is 17.7 Å². The molecule has 2 rings (SSSR count). The Labute approximate surface area is 118 Å². The number of hydrogen-bond donors (Lipinski definition) is 1. The summed E-state index contributed by atoms with van der Waals surface area (Å²) in [5.41, 5.74) is 9.16. The molecule has 2 N–H and O–H groups in total. The van der Waals surface area contributed by atoms with Gasteiger partial charge in [-0.25, -0.2) is 4.98 Å². The van der Waals surface area contributed by atoms with E-state index in [1.54, 1.807) is 0 Å². The lowest BCUT2D eigenvalue weighted by Crippen LogP contribution is -2.14. The highest BCUT2D eigenvalue weighted by Gasteiger charge is 2.05. The summed E-state index contributed by atoms with van der Waals surface area (Å²) < 4.78 is 2.06. The first-order valence-electron chi connectivity index (χ1n) is 7.07. The number of imidazole rings is 1. The van der Waals surface area contributed by atoms with Gasteiger partial charge in [0.05, 0.1) is 12.0 Å². The van der Waals surface area contributed by atoms with Crippen molar-refractivity contribution in [2.24, 2.45) is 5.73 Å². The average molecular weight is 261 g/mol. The second-order valence-electron chi connectivity index (χ2n) is 4.34. The maximum atomic E-state index is 5.64. The maximum absolute atomic E-state index is 5.64. The Morgan fingerprint density at radius 2 is 1.89 bits per heavy atom. The van der Waals surface area contributed by atoms with E-state index in [9.17, 15) is 0 Å². The van der Waals surface area contributed by atoms with Crippen molar-refractivity contribution >= 4 is 0 Å². The highest BCUT2D eigenvalue weighted by molar-refractivity contribution is 5.58. The number of hydrogen-bond acceptors (Lipinski definition) is 2. The molecule has 1 aromatic heterocycles. The van der Waals surface area contributed by atoms with Crippen LogP contribution in [0.3, 0.4) is 0 Å². The normalized spacial score (nSPS) is 11.6. The van der Waals surface area contributed by atoms with Gasteiger partial charge in [0.1, 0.15) is 0 Å². The van der Waals surface area contributed by atoms with Crippen LogP contribution in [0.2, 0.25) is 0 Å². The fourth-order valence-electron chi connectivity index (χ4n) is 1.76. The molecule has 0 bridgehead atoms. The molecule has 1 aromatic carbocycles. The van der Waals surface area contributed by atoms with Gasteiger partial charge >= 0.3 is 0 Å². The summed E-state index contributed by atoms with van der Waals surface area (Å²) in [4.78, 5) is 4.42. The van der Waals surface area contributed by atoms with Crippen LogP contribution < -0.4 is 5.73 Å².